The van der Waals surface area contributed by atoms with Crippen LogP contribution in [0.25, 0.3) is 0 Å². The first-order valence-electron chi connectivity index (χ1n) is 7.66. The normalized spacial score (nSPS) is 16.9. The summed E-state index contributed by atoms with van der Waals surface area (Å²) < 4.78 is 0. The highest BCUT2D eigenvalue weighted by Crippen LogP contribution is 2.25. The number of anilines is 3. The molecular formula is C16H19N7. The third-order valence-electron chi connectivity index (χ3n) is 3.99. The molecular weight excluding hydrogens is 290 g/mol. The summed E-state index contributed by atoms with van der Waals surface area (Å²) in [5, 5.41) is 15.3. The van der Waals surface area contributed by atoms with Crippen LogP contribution in [-0.2, 0) is 0 Å². The van der Waals surface area contributed by atoms with Crippen LogP contribution >= 0.6 is 0 Å². The number of nitrogens with one attached hydrogen (secondary N) is 2. The smallest absolute Gasteiger partial charge is 0.134 e. The van der Waals surface area contributed by atoms with E-state index >= 15 is 0 Å². The van der Waals surface area contributed by atoms with Crippen LogP contribution in [0.2, 0.25) is 0 Å². The Hall–Kier alpha value is -2.88. The Kier molecular flexibility index (Phi) is 4.52. The number of pyridine rings is 1. The second-order valence-electron chi connectivity index (χ2n) is 5.42. The summed E-state index contributed by atoms with van der Waals surface area (Å²) in [5.41, 5.74) is 0.611. The number of nitrogens with zero attached hydrogens (tertiary/aromatic N) is 5. The first-order valence-corrected chi connectivity index (χ1v) is 7.66. The monoisotopic (exact) mass is 309 g/mol. The van der Waals surface area contributed by atoms with Gasteiger partial charge in [-0.3, -0.25) is 0 Å². The van der Waals surface area contributed by atoms with E-state index in [1.54, 1.807) is 24.7 Å². The van der Waals surface area contributed by atoms with E-state index < -0.39 is 0 Å². The molecule has 0 spiro atoms. The first kappa shape index (κ1) is 15.0. The minimum absolute atomic E-state index is 0.349. The summed E-state index contributed by atoms with van der Waals surface area (Å²) in [6, 6.07) is 7.91. The van der Waals surface area contributed by atoms with E-state index in [1.807, 2.05) is 13.1 Å². The molecule has 23 heavy (non-hydrogen) atoms. The number of hydrogen-bond donors (Lipinski definition) is 2. The van der Waals surface area contributed by atoms with E-state index in [0.717, 1.165) is 43.4 Å². The van der Waals surface area contributed by atoms with Crippen molar-refractivity contribution in [1.82, 2.24) is 15.0 Å². The Balaban J connectivity index is 1.68. The van der Waals surface area contributed by atoms with Crippen molar-refractivity contribution < 1.29 is 0 Å². The molecule has 0 amide bonds. The SMILES string of the molecule is CNc1cc(N2CCC[C@H]2CNc2cc(C#N)ccn2)ncn1. The second kappa shape index (κ2) is 6.92. The molecule has 0 aromatic carbocycles. The lowest BCUT2D eigenvalue weighted by molar-refractivity contribution is 0.689. The van der Waals surface area contributed by atoms with Crippen LogP contribution in [0.4, 0.5) is 17.5 Å². The molecule has 0 saturated carbocycles. The molecule has 1 atom stereocenters. The van der Waals surface area contributed by atoms with Gasteiger partial charge >= 0.3 is 0 Å². The molecule has 3 heterocycles. The Morgan fingerprint density at radius 2 is 2.22 bits per heavy atom. The lowest BCUT2D eigenvalue weighted by atomic mass is 10.2. The molecule has 1 aliphatic rings. The zero-order valence-electron chi connectivity index (χ0n) is 13.0. The van der Waals surface area contributed by atoms with E-state index in [0.29, 0.717) is 11.6 Å². The van der Waals surface area contributed by atoms with Gasteiger partial charge in [0.15, 0.2) is 0 Å². The maximum atomic E-state index is 8.95. The molecule has 2 aromatic heterocycles. The largest absolute Gasteiger partial charge is 0.373 e. The molecule has 7 nitrogen and oxygen atoms in total. The van der Waals surface area contributed by atoms with Crippen molar-refractivity contribution in [3.8, 4) is 6.07 Å². The van der Waals surface area contributed by atoms with Gasteiger partial charge in [-0.05, 0) is 25.0 Å². The molecule has 7 heteroatoms. The predicted octanol–water partition coefficient (Wildman–Crippen LogP) is 1.87. The van der Waals surface area contributed by atoms with Crippen LogP contribution in [-0.4, -0.2) is 41.1 Å². The highest BCUT2D eigenvalue weighted by molar-refractivity contribution is 5.50. The fourth-order valence-electron chi connectivity index (χ4n) is 2.81. The van der Waals surface area contributed by atoms with Crippen molar-refractivity contribution in [3.05, 3.63) is 36.3 Å². The maximum absolute atomic E-state index is 8.95. The maximum Gasteiger partial charge on any atom is 0.134 e. The Bertz CT molecular complexity index is 710. The molecule has 1 aliphatic heterocycles. The van der Waals surface area contributed by atoms with E-state index in [2.05, 4.69) is 36.6 Å². The van der Waals surface area contributed by atoms with Gasteiger partial charge in [0.1, 0.15) is 23.8 Å². The molecule has 1 fully saturated rings. The molecule has 0 unspecified atom stereocenters. The highest BCUT2D eigenvalue weighted by Gasteiger charge is 2.25. The third-order valence-corrected chi connectivity index (χ3v) is 3.99. The average Bonchev–Trinajstić information content (AvgIpc) is 3.09. The van der Waals surface area contributed by atoms with Crippen molar-refractivity contribution in [1.29, 1.82) is 5.26 Å². The molecule has 2 N–H and O–H groups in total. The van der Waals surface area contributed by atoms with Crippen LogP contribution in [0.1, 0.15) is 18.4 Å². The lowest BCUT2D eigenvalue weighted by Crippen LogP contribution is -2.35. The van der Waals surface area contributed by atoms with Crippen LogP contribution in [0, 0.1) is 11.3 Å². The van der Waals surface area contributed by atoms with Gasteiger partial charge in [-0.1, -0.05) is 0 Å². The molecule has 118 valence electrons. The van der Waals surface area contributed by atoms with Crippen LogP contribution in [0.5, 0.6) is 0 Å². The summed E-state index contributed by atoms with van der Waals surface area (Å²) in [6.45, 7) is 1.75. The van der Waals surface area contributed by atoms with Crippen molar-refractivity contribution >= 4 is 17.5 Å². The second-order valence-corrected chi connectivity index (χ2v) is 5.42. The Labute approximate surface area is 135 Å². The molecule has 1 saturated heterocycles. The van der Waals surface area contributed by atoms with Gasteiger partial charge in [0.05, 0.1) is 11.6 Å². The van der Waals surface area contributed by atoms with E-state index in [9.17, 15) is 0 Å². The quantitative estimate of drug-likeness (QED) is 0.871. The van der Waals surface area contributed by atoms with E-state index in [4.69, 9.17) is 5.26 Å². The molecule has 3 rings (SSSR count). The van der Waals surface area contributed by atoms with Crippen LogP contribution in [0.15, 0.2) is 30.7 Å². The minimum atomic E-state index is 0.349. The predicted molar refractivity (Wildman–Crippen MR) is 89.4 cm³/mol. The molecule has 2 aromatic rings. The minimum Gasteiger partial charge on any atom is -0.373 e. The third kappa shape index (κ3) is 3.48. The molecule has 0 bridgehead atoms. The van der Waals surface area contributed by atoms with Crippen LogP contribution < -0.4 is 15.5 Å². The van der Waals surface area contributed by atoms with Crippen molar-refractivity contribution in [2.24, 2.45) is 0 Å². The number of nitriles is 1. The number of aromatic nitrogens is 3. The average molecular weight is 309 g/mol. The zero-order valence-corrected chi connectivity index (χ0v) is 13.0. The summed E-state index contributed by atoms with van der Waals surface area (Å²) >= 11 is 0. The molecule has 0 aliphatic carbocycles. The van der Waals surface area contributed by atoms with Crippen molar-refractivity contribution in [3.63, 3.8) is 0 Å². The van der Waals surface area contributed by atoms with E-state index in [-0.39, 0.29) is 0 Å². The number of hydrogen-bond acceptors (Lipinski definition) is 7. The van der Waals surface area contributed by atoms with Gasteiger partial charge in [0.25, 0.3) is 0 Å². The molecule has 0 radical (unpaired) electrons. The zero-order chi connectivity index (χ0) is 16.1. The summed E-state index contributed by atoms with van der Waals surface area (Å²) in [7, 11) is 1.85. The fourth-order valence-corrected chi connectivity index (χ4v) is 2.81. The lowest BCUT2D eigenvalue weighted by Gasteiger charge is -2.26. The van der Waals surface area contributed by atoms with Crippen molar-refractivity contribution in [2.75, 3.05) is 35.7 Å². The van der Waals surface area contributed by atoms with Gasteiger partial charge in [-0.2, -0.15) is 5.26 Å². The van der Waals surface area contributed by atoms with Gasteiger partial charge in [-0.15, -0.1) is 0 Å². The number of rotatable bonds is 5. The van der Waals surface area contributed by atoms with Crippen LogP contribution in [0.3, 0.4) is 0 Å². The van der Waals surface area contributed by atoms with Gasteiger partial charge < -0.3 is 15.5 Å². The summed E-state index contributed by atoms with van der Waals surface area (Å²) in [4.78, 5) is 15.1. The van der Waals surface area contributed by atoms with Gasteiger partial charge in [0, 0.05) is 38.4 Å². The summed E-state index contributed by atoms with van der Waals surface area (Å²) in [6.07, 6.45) is 5.47. The topological polar surface area (TPSA) is 89.8 Å². The standard InChI is InChI=1S/C16H19N7/c1-18-14-8-16(22-11-21-14)23-6-2-3-13(23)10-20-15-7-12(9-17)4-5-19-15/h4-5,7-8,11,13H,2-3,6,10H2,1H3,(H,19,20)(H,18,21,22)/t13-/m0/s1. The van der Waals surface area contributed by atoms with Crippen molar-refractivity contribution in [2.45, 2.75) is 18.9 Å². The van der Waals surface area contributed by atoms with Gasteiger partial charge in [-0.25, -0.2) is 15.0 Å². The highest BCUT2D eigenvalue weighted by atomic mass is 15.3. The Morgan fingerprint density at radius 1 is 1.30 bits per heavy atom. The Morgan fingerprint density at radius 3 is 3.04 bits per heavy atom. The van der Waals surface area contributed by atoms with Gasteiger partial charge in [0.2, 0.25) is 0 Å². The first-order chi connectivity index (χ1) is 11.3. The van der Waals surface area contributed by atoms with E-state index in [1.165, 1.54) is 0 Å². The summed E-state index contributed by atoms with van der Waals surface area (Å²) in [5.74, 6) is 2.49. The fraction of sp³-hybridized carbons (Fsp3) is 0.375.